The molecule has 0 saturated carbocycles. The highest BCUT2D eigenvalue weighted by Gasteiger charge is 2.06. The van der Waals surface area contributed by atoms with E-state index >= 15 is 0 Å². The normalized spacial score (nSPS) is 10.1. The van der Waals surface area contributed by atoms with Crippen LogP contribution in [0.2, 0.25) is 0 Å². The van der Waals surface area contributed by atoms with Crippen molar-refractivity contribution in [3.63, 3.8) is 0 Å². The van der Waals surface area contributed by atoms with Gasteiger partial charge in [-0.3, -0.25) is 9.59 Å². The summed E-state index contributed by atoms with van der Waals surface area (Å²) in [6.45, 7) is 0.410. The minimum absolute atomic E-state index is 0.00894. The lowest BCUT2D eigenvalue weighted by Crippen LogP contribution is -2.36. The number of amides is 2. The average Bonchev–Trinajstić information content (AvgIpc) is 2.66. The van der Waals surface area contributed by atoms with Crippen molar-refractivity contribution in [1.29, 1.82) is 0 Å². The molecule has 0 unspecified atom stereocenters. The van der Waals surface area contributed by atoms with Crippen LogP contribution in [-0.4, -0.2) is 31.2 Å². The summed E-state index contributed by atoms with van der Waals surface area (Å²) >= 11 is 1.62. The molecule has 0 spiro atoms. The van der Waals surface area contributed by atoms with Gasteiger partial charge in [0.05, 0.1) is 13.7 Å². The van der Waals surface area contributed by atoms with Crippen LogP contribution in [0.4, 0.5) is 0 Å². The monoisotopic (exact) mass is 358 g/mol. The summed E-state index contributed by atoms with van der Waals surface area (Å²) in [4.78, 5) is 24.7. The molecule has 2 aromatic rings. The molecule has 0 aliphatic rings. The first-order valence-corrected chi connectivity index (χ1v) is 9.00. The molecule has 2 N–H and O–H groups in total. The molecule has 5 nitrogen and oxygen atoms in total. The quantitative estimate of drug-likeness (QED) is 0.676. The maximum Gasteiger partial charge on any atom is 0.239 e. The largest absolute Gasteiger partial charge is 0.497 e. The van der Waals surface area contributed by atoms with Gasteiger partial charge in [0.25, 0.3) is 0 Å². The van der Waals surface area contributed by atoms with Crippen LogP contribution in [0.3, 0.4) is 0 Å². The summed E-state index contributed by atoms with van der Waals surface area (Å²) in [5.41, 5.74) is 0.972. The molecule has 0 saturated heterocycles. The fourth-order valence-corrected chi connectivity index (χ4v) is 2.92. The van der Waals surface area contributed by atoms with Crippen LogP contribution in [0.25, 0.3) is 0 Å². The second-order valence-electron chi connectivity index (χ2n) is 5.31. The molecule has 2 rings (SSSR count). The van der Waals surface area contributed by atoms with Gasteiger partial charge >= 0.3 is 0 Å². The number of methoxy groups -OCH3 is 1. The molecule has 0 aliphatic carbocycles. The zero-order valence-electron chi connectivity index (χ0n) is 14.2. The number of hydrogen-bond donors (Lipinski definition) is 2. The summed E-state index contributed by atoms with van der Waals surface area (Å²) < 4.78 is 5.08. The van der Waals surface area contributed by atoms with Crippen molar-refractivity contribution < 1.29 is 14.3 Å². The van der Waals surface area contributed by atoms with Crippen molar-refractivity contribution in [3.05, 3.63) is 60.2 Å². The molecule has 0 aromatic heterocycles. The highest BCUT2D eigenvalue weighted by molar-refractivity contribution is 7.99. The molecular formula is C19H22N2O3S. The van der Waals surface area contributed by atoms with E-state index in [2.05, 4.69) is 10.6 Å². The summed E-state index contributed by atoms with van der Waals surface area (Å²) in [5, 5.41) is 5.41. The predicted octanol–water partition coefficient (Wildman–Crippen LogP) is 2.61. The molecule has 132 valence electrons. The van der Waals surface area contributed by atoms with Gasteiger partial charge in [-0.1, -0.05) is 30.3 Å². The Hall–Kier alpha value is -2.47. The van der Waals surface area contributed by atoms with Gasteiger partial charge in [-0.05, 0) is 29.8 Å². The minimum atomic E-state index is -0.208. The molecule has 0 heterocycles. The lowest BCUT2D eigenvalue weighted by atomic mass is 10.2. The highest BCUT2D eigenvalue weighted by Crippen LogP contribution is 2.17. The fourth-order valence-electron chi connectivity index (χ4n) is 2.05. The van der Waals surface area contributed by atoms with E-state index < -0.39 is 0 Å². The Bertz CT molecular complexity index is 675. The van der Waals surface area contributed by atoms with Crippen LogP contribution < -0.4 is 15.4 Å². The molecule has 6 heteroatoms. The number of carbonyl (C=O) groups excluding carboxylic acids is 2. The van der Waals surface area contributed by atoms with Crippen LogP contribution in [0, 0.1) is 0 Å². The van der Waals surface area contributed by atoms with Gasteiger partial charge in [0, 0.05) is 23.6 Å². The van der Waals surface area contributed by atoms with Crippen LogP contribution in [-0.2, 0) is 16.1 Å². The number of hydrogen-bond acceptors (Lipinski definition) is 4. The highest BCUT2D eigenvalue weighted by atomic mass is 32.2. The van der Waals surface area contributed by atoms with Gasteiger partial charge in [-0.25, -0.2) is 0 Å². The Kier molecular flexibility index (Phi) is 7.85. The van der Waals surface area contributed by atoms with Crippen molar-refractivity contribution in [3.8, 4) is 5.75 Å². The predicted molar refractivity (Wildman–Crippen MR) is 99.6 cm³/mol. The van der Waals surface area contributed by atoms with Gasteiger partial charge < -0.3 is 15.4 Å². The summed E-state index contributed by atoms with van der Waals surface area (Å²) in [6.07, 6.45) is 0.380. The van der Waals surface area contributed by atoms with E-state index in [1.165, 1.54) is 0 Å². The van der Waals surface area contributed by atoms with Crippen LogP contribution in [0.15, 0.2) is 59.5 Å². The van der Waals surface area contributed by atoms with Crippen molar-refractivity contribution in [2.75, 3.05) is 19.4 Å². The fraction of sp³-hybridized carbons (Fsp3) is 0.263. The number of carbonyl (C=O) groups is 2. The van der Waals surface area contributed by atoms with Gasteiger partial charge in [0.1, 0.15) is 5.75 Å². The third-order valence-electron chi connectivity index (χ3n) is 3.44. The third-order valence-corrected chi connectivity index (χ3v) is 4.45. The van der Waals surface area contributed by atoms with Crippen LogP contribution in [0.1, 0.15) is 12.0 Å². The maximum absolute atomic E-state index is 11.8. The summed E-state index contributed by atoms with van der Waals surface area (Å²) in [6, 6.07) is 17.4. The molecule has 0 aliphatic heterocycles. The maximum atomic E-state index is 11.8. The molecule has 0 fully saturated rings. The first kappa shape index (κ1) is 18.9. The zero-order valence-corrected chi connectivity index (χ0v) is 15.0. The van der Waals surface area contributed by atoms with Gasteiger partial charge in [0.15, 0.2) is 0 Å². The zero-order chi connectivity index (χ0) is 17.9. The van der Waals surface area contributed by atoms with Crippen molar-refractivity contribution in [2.45, 2.75) is 17.9 Å². The molecule has 0 atom stereocenters. The Morgan fingerprint density at radius 3 is 2.36 bits per heavy atom. The topological polar surface area (TPSA) is 67.4 Å². The van der Waals surface area contributed by atoms with Gasteiger partial charge in [-0.2, -0.15) is 0 Å². The van der Waals surface area contributed by atoms with Crippen molar-refractivity contribution in [2.24, 2.45) is 0 Å². The standard InChI is InChI=1S/C19H22N2O3S/c1-24-16-9-7-15(8-10-16)13-20-19(23)14-21-18(22)11-12-25-17-5-3-2-4-6-17/h2-10H,11-14H2,1H3,(H,20,23)(H,21,22). The van der Waals surface area contributed by atoms with E-state index in [1.807, 2.05) is 54.6 Å². The number of rotatable bonds is 9. The molecular weight excluding hydrogens is 336 g/mol. The number of thioether (sulfide) groups is 1. The van der Waals surface area contributed by atoms with E-state index in [0.29, 0.717) is 18.7 Å². The summed E-state index contributed by atoms with van der Waals surface area (Å²) in [7, 11) is 1.61. The smallest absolute Gasteiger partial charge is 0.239 e. The minimum Gasteiger partial charge on any atom is -0.497 e. The van der Waals surface area contributed by atoms with E-state index in [9.17, 15) is 9.59 Å². The van der Waals surface area contributed by atoms with E-state index in [-0.39, 0.29) is 18.4 Å². The second-order valence-corrected chi connectivity index (χ2v) is 6.48. The Morgan fingerprint density at radius 1 is 0.960 bits per heavy atom. The Labute approximate surface area is 152 Å². The number of benzene rings is 2. The van der Waals surface area contributed by atoms with Crippen LogP contribution >= 0.6 is 11.8 Å². The van der Waals surface area contributed by atoms with E-state index in [0.717, 1.165) is 16.2 Å². The summed E-state index contributed by atoms with van der Waals surface area (Å²) in [5.74, 6) is 1.13. The van der Waals surface area contributed by atoms with E-state index in [1.54, 1.807) is 18.9 Å². The third kappa shape index (κ3) is 7.30. The first-order chi connectivity index (χ1) is 12.2. The lowest BCUT2D eigenvalue weighted by Gasteiger charge is -2.08. The molecule has 0 radical (unpaired) electrons. The van der Waals surface area contributed by atoms with Crippen LogP contribution in [0.5, 0.6) is 5.75 Å². The Balaban J connectivity index is 1.59. The first-order valence-electron chi connectivity index (χ1n) is 8.01. The molecule has 0 bridgehead atoms. The lowest BCUT2D eigenvalue weighted by molar-refractivity contribution is -0.125. The van der Waals surface area contributed by atoms with Crippen molar-refractivity contribution in [1.82, 2.24) is 10.6 Å². The average molecular weight is 358 g/mol. The molecule has 25 heavy (non-hydrogen) atoms. The molecule has 2 aromatic carbocycles. The van der Waals surface area contributed by atoms with E-state index in [4.69, 9.17) is 4.74 Å². The molecule has 2 amide bonds. The SMILES string of the molecule is COc1ccc(CNC(=O)CNC(=O)CCSc2ccccc2)cc1. The van der Waals surface area contributed by atoms with Gasteiger partial charge in [-0.15, -0.1) is 11.8 Å². The second kappa shape index (κ2) is 10.4. The number of ether oxygens (including phenoxy) is 1. The van der Waals surface area contributed by atoms with Crippen molar-refractivity contribution >= 4 is 23.6 Å². The number of nitrogens with one attached hydrogen (secondary N) is 2. The Morgan fingerprint density at radius 2 is 1.68 bits per heavy atom. The van der Waals surface area contributed by atoms with Gasteiger partial charge in [0.2, 0.25) is 11.8 Å².